The van der Waals surface area contributed by atoms with Crippen molar-refractivity contribution in [2.24, 2.45) is 0 Å². The van der Waals surface area contributed by atoms with E-state index in [0.717, 1.165) is 23.6 Å². The van der Waals surface area contributed by atoms with Gasteiger partial charge in [0.05, 0.1) is 0 Å². The number of rotatable bonds is 5. The van der Waals surface area contributed by atoms with Gasteiger partial charge in [0.15, 0.2) is 0 Å². The van der Waals surface area contributed by atoms with Crippen molar-refractivity contribution in [3.05, 3.63) is 69.7 Å². The minimum atomic E-state index is 0.385. The Balaban J connectivity index is 2.03. The van der Waals surface area contributed by atoms with Crippen molar-refractivity contribution in [3.63, 3.8) is 0 Å². The smallest absolute Gasteiger partial charge is 0.0438 e. The first-order valence-electron chi connectivity index (χ1n) is 7.15. The zero-order valence-corrected chi connectivity index (χ0v) is 13.2. The molecular weight excluding hydrogens is 266 g/mol. The van der Waals surface area contributed by atoms with E-state index in [0.29, 0.717) is 6.04 Å². The van der Waals surface area contributed by atoms with Crippen LogP contribution < -0.4 is 5.32 Å². The largest absolute Gasteiger partial charge is 0.306 e. The van der Waals surface area contributed by atoms with Crippen molar-refractivity contribution in [1.82, 2.24) is 5.32 Å². The molecule has 0 heterocycles. The van der Waals surface area contributed by atoms with Crippen LogP contribution in [0.4, 0.5) is 0 Å². The Morgan fingerprint density at radius 3 is 2.35 bits per heavy atom. The molecule has 0 aliphatic carbocycles. The zero-order valence-electron chi connectivity index (χ0n) is 12.4. The summed E-state index contributed by atoms with van der Waals surface area (Å²) in [6.07, 6.45) is 1.07. The molecule has 2 rings (SSSR count). The Morgan fingerprint density at radius 1 is 1.05 bits per heavy atom. The molecule has 2 aromatic carbocycles. The van der Waals surface area contributed by atoms with Crippen molar-refractivity contribution in [2.45, 2.75) is 39.8 Å². The maximum atomic E-state index is 6.17. The van der Waals surface area contributed by atoms with Crippen molar-refractivity contribution in [1.29, 1.82) is 0 Å². The maximum Gasteiger partial charge on any atom is 0.0438 e. The lowest BCUT2D eigenvalue weighted by Crippen LogP contribution is -2.20. The third-order valence-corrected chi connectivity index (χ3v) is 4.08. The molecule has 0 fully saturated rings. The fraction of sp³-hybridized carbons (Fsp3) is 0.333. The van der Waals surface area contributed by atoms with Crippen LogP contribution in [0.5, 0.6) is 0 Å². The highest BCUT2D eigenvalue weighted by molar-refractivity contribution is 6.31. The lowest BCUT2D eigenvalue weighted by molar-refractivity contribution is 0.519. The number of nitrogens with one attached hydrogen (secondary N) is 1. The van der Waals surface area contributed by atoms with Crippen molar-refractivity contribution < 1.29 is 0 Å². The molecule has 0 aromatic heterocycles. The van der Waals surface area contributed by atoms with E-state index in [9.17, 15) is 0 Å². The number of aryl methyl sites for hydroxylation is 2. The molecule has 1 nitrogen and oxygen atoms in total. The summed E-state index contributed by atoms with van der Waals surface area (Å²) in [5.41, 5.74) is 5.00. The van der Waals surface area contributed by atoms with Gasteiger partial charge < -0.3 is 5.32 Å². The summed E-state index contributed by atoms with van der Waals surface area (Å²) in [5.74, 6) is 0. The quantitative estimate of drug-likeness (QED) is 0.797. The van der Waals surface area contributed by atoms with Gasteiger partial charge >= 0.3 is 0 Å². The summed E-state index contributed by atoms with van der Waals surface area (Å²) in [6, 6.07) is 15.4. The monoisotopic (exact) mass is 287 g/mol. The molecule has 1 atom stereocenters. The topological polar surface area (TPSA) is 12.0 Å². The van der Waals surface area contributed by atoms with Gasteiger partial charge in [0.25, 0.3) is 0 Å². The normalized spacial score (nSPS) is 12.4. The average molecular weight is 288 g/mol. The minimum absolute atomic E-state index is 0.385. The van der Waals surface area contributed by atoms with Crippen molar-refractivity contribution >= 4 is 11.6 Å². The average Bonchev–Trinajstić information content (AvgIpc) is 2.45. The second kappa shape index (κ2) is 6.92. The van der Waals surface area contributed by atoms with Crippen molar-refractivity contribution in [2.75, 3.05) is 0 Å². The second-order valence-corrected chi connectivity index (χ2v) is 5.74. The first-order valence-corrected chi connectivity index (χ1v) is 7.53. The summed E-state index contributed by atoms with van der Waals surface area (Å²) in [5, 5.41) is 4.45. The van der Waals surface area contributed by atoms with Gasteiger partial charge in [-0.15, -0.1) is 0 Å². The summed E-state index contributed by atoms with van der Waals surface area (Å²) in [4.78, 5) is 0. The number of benzene rings is 2. The molecule has 0 saturated carbocycles. The van der Waals surface area contributed by atoms with Gasteiger partial charge in [-0.05, 0) is 43.0 Å². The fourth-order valence-corrected chi connectivity index (χ4v) is 2.49. The molecule has 0 aliphatic heterocycles. The first kappa shape index (κ1) is 15.1. The molecule has 20 heavy (non-hydrogen) atoms. The Hall–Kier alpha value is -1.31. The maximum absolute atomic E-state index is 6.17. The van der Waals surface area contributed by atoms with Gasteiger partial charge in [0.2, 0.25) is 0 Å². The SMILES string of the molecule is CCC(NCc1ccc(C)c(Cl)c1)c1ccc(C)cc1. The van der Waals surface area contributed by atoms with Gasteiger partial charge in [0, 0.05) is 17.6 Å². The van der Waals surface area contributed by atoms with E-state index >= 15 is 0 Å². The predicted molar refractivity (Wildman–Crippen MR) is 87.2 cm³/mol. The highest BCUT2D eigenvalue weighted by Crippen LogP contribution is 2.20. The van der Waals surface area contributed by atoms with Crippen LogP contribution in [0.3, 0.4) is 0 Å². The third kappa shape index (κ3) is 3.84. The van der Waals surface area contributed by atoms with E-state index in [-0.39, 0.29) is 0 Å². The van der Waals surface area contributed by atoms with Crippen LogP contribution in [0.1, 0.15) is 41.6 Å². The number of hydrogen-bond donors (Lipinski definition) is 1. The molecule has 0 bridgehead atoms. The molecule has 2 heteroatoms. The van der Waals surface area contributed by atoms with Crippen LogP contribution in [-0.2, 0) is 6.54 Å². The molecule has 0 spiro atoms. The van der Waals surface area contributed by atoms with E-state index in [1.54, 1.807) is 0 Å². The van der Waals surface area contributed by atoms with Crippen LogP contribution >= 0.6 is 11.6 Å². The fourth-order valence-electron chi connectivity index (χ4n) is 2.28. The Labute approximate surface area is 127 Å². The Bertz CT molecular complexity index is 560. The van der Waals surface area contributed by atoms with Gasteiger partial charge in [-0.1, -0.05) is 60.5 Å². The first-order chi connectivity index (χ1) is 9.60. The van der Waals surface area contributed by atoms with Gasteiger partial charge in [-0.25, -0.2) is 0 Å². The molecule has 0 amide bonds. The molecule has 0 radical (unpaired) electrons. The van der Waals surface area contributed by atoms with E-state index in [1.807, 2.05) is 13.0 Å². The molecule has 1 N–H and O–H groups in total. The molecule has 106 valence electrons. The summed E-state index contributed by atoms with van der Waals surface area (Å²) >= 11 is 6.17. The van der Waals surface area contributed by atoms with Crippen LogP contribution in [0.15, 0.2) is 42.5 Å². The van der Waals surface area contributed by atoms with E-state index in [1.165, 1.54) is 16.7 Å². The van der Waals surface area contributed by atoms with Crippen molar-refractivity contribution in [3.8, 4) is 0 Å². The minimum Gasteiger partial charge on any atom is -0.306 e. The van der Waals surface area contributed by atoms with Gasteiger partial charge in [-0.2, -0.15) is 0 Å². The van der Waals surface area contributed by atoms with E-state index in [4.69, 9.17) is 11.6 Å². The number of halogens is 1. The third-order valence-electron chi connectivity index (χ3n) is 3.68. The standard InChI is InChI=1S/C18H22ClN/c1-4-18(16-9-5-13(2)6-10-16)20-12-15-8-7-14(3)17(19)11-15/h5-11,18,20H,4,12H2,1-3H3. The number of hydrogen-bond acceptors (Lipinski definition) is 1. The summed E-state index contributed by atoms with van der Waals surface area (Å²) in [6.45, 7) is 7.19. The Morgan fingerprint density at radius 2 is 1.75 bits per heavy atom. The second-order valence-electron chi connectivity index (χ2n) is 5.34. The zero-order chi connectivity index (χ0) is 14.5. The Kier molecular flexibility index (Phi) is 5.22. The molecule has 1 unspecified atom stereocenters. The molecular formula is C18H22ClN. The summed E-state index contributed by atoms with van der Waals surface area (Å²) < 4.78 is 0. The van der Waals surface area contributed by atoms with E-state index in [2.05, 4.69) is 55.6 Å². The molecule has 0 saturated heterocycles. The lowest BCUT2D eigenvalue weighted by Gasteiger charge is -2.18. The lowest BCUT2D eigenvalue weighted by atomic mass is 10.0. The molecule has 0 aliphatic rings. The van der Waals surface area contributed by atoms with Crippen LogP contribution in [0, 0.1) is 13.8 Å². The van der Waals surface area contributed by atoms with E-state index < -0.39 is 0 Å². The highest BCUT2D eigenvalue weighted by atomic mass is 35.5. The van der Waals surface area contributed by atoms with Gasteiger partial charge in [-0.3, -0.25) is 0 Å². The van der Waals surface area contributed by atoms with Gasteiger partial charge in [0.1, 0.15) is 0 Å². The predicted octanol–water partition coefficient (Wildman–Crippen LogP) is 5.20. The van der Waals surface area contributed by atoms with Crippen LogP contribution in [0.25, 0.3) is 0 Å². The molecule has 2 aromatic rings. The van der Waals surface area contributed by atoms with Crippen LogP contribution in [-0.4, -0.2) is 0 Å². The highest BCUT2D eigenvalue weighted by Gasteiger charge is 2.08. The summed E-state index contributed by atoms with van der Waals surface area (Å²) in [7, 11) is 0. The van der Waals surface area contributed by atoms with Crippen LogP contribution in [0.2, 0.25) is 5.02 Å².